The highest BCUT2D eigenvalue weighted by Gasteiger charge is 2.30. The lowest BCUT2D eigenvalue weighted by atomic mass is 10.1. The van der Waals surface area contributed by atoms with Gasteiger partial charge in [0.05, 0.1) is 0 Å². The molecule has 0 aromatic heterocycles. The van der Waals surface area contributed by atoms with Gasteiger partial charge in [-0.15, -0.1) is 0 Å². The number of carboxylic acids is 1. The number of aliphatic carboxylic acids is 1. The Bertz CT molecular complexity index is 290. The predicted octanol–water partition coefficient (Wildman–Crippen LogP) is 0.491. The van der Waals surface area contributed by atoms with Crippen molar-refractivity contribution < 1.29 is 14.7 Å². The molecule has 1 aliphatic carbocycles. The summed E-state index contributed by atoms with van der Waals surface area (Å²) in [6.45, 7) is 1.45. The van der Waals surface area contributed by atoms with Gasteiger partial charge in [0.25, 0.3) is 0 Å². The van der Waals surface area contributed by atoms with Crippen molar-refractivity contribution in [2.75, 3.05) is 27.2 Å². The van der Waals surface area contributed by atoms with Gasteiger partial charge >= 0.3 is 12.0 Å². The second kappa shape index (κ2) is 7.20. The van der Waals surface area contributed by atoms with Crippen molar-refractivity contribution in [2.24, 2.45) is 5.92 Å². The zero-order valence-corrected chi connectivity index (χ0v) is 11.1. The highest BCUT2D eigenvalue weighted by Crippen LogP contribution is 2.33. The summed E-state index contributed by atoms with van der Waals surface area (Å²) in [4.78, 5) is 24.5. The first-order valence-electron chi connectivity index (χ1n) is 6.41. The molecule has 6 nitrogen and oxygen atoms in total. The van der Waals surface area contributed by atoms with Crippen molar-refractivity contribution in [3.63, 3.8) is 0 Å². The number of hydrogen-bond acceptors (Lipinski definition) is 3. The maximum Gasteiger partial charge on any atom is 0.326 e. The van der Waals surface area contributed by atoms with E-state index in [9.17, 15) is 9.59 Å². The van der Waals surface area contributed by atoms with E-state index in [1.807, 2.05) is 19.0 Å². The molecule has 0 aromatic carbocycles. The Labute approximate surface area is 108 Å². The first-order chi connectivity index (χ1) is 8.49. The van der Waals surface area contributed by atoms with Crippen molar-refractivity contribution in [1.29, 1.82) is 0 Å². The van der Waals surface area contributed by atoms with Gasteiger partial charge in [0.2, 0.25) is 0 Å². The number of hydrogen-bond donors (Lipinski definition) is 3. The quantitative estimate of drug-likeness (QED) is 0.553. The Hall–Kier alpha value is -1.30. The van der Waals surface area contributed by atoms with Crippen molar-refractivity contribution in [1.82, 2.24) is 15.5 Å². The van der Waals surface area contributed by atoms with Gasteiger partial charge in [0.15, 0.2) is 0 Å². The topological polar surface area (TPSA) is 81.7 Å². The van der Waals surface area contributed by atoms with Gasteiger partial charge in [-0.25, -0.2) is 9.59 Å². The molecule has 18 heavy (non-hydrogen) atoms. The van der Waals surface area contributed by atoms with Crippen molar-refractivity contribution in [2.45, 2.75) is 31.7 Å². The van der Waals surface area contributed by atoms with E-state index in [1.165, 1.54) is 0 Å². The molecule has 1 rings (SSSR count). The summed E-state index contributed by atoms with van der Waals surface area (Å²) >= 11 is 0. The van der Waals surface area contributed by atoms with Crippen LogP contribution in [0, 0.1) is 5.92 Å². The van der Waals surface area contributed by atoms with E-state index >= 15 is 0 Å². The number of urea groups is 1. The Morgan fingerprint density at radius 2 is 2.06 bits per heavy atom. The SMILES string of the molecule is CN(C)CCCNC(=O)NC(CC1CC1)C(=O)O. The van der Waals surface area contributed by atoms with Gasteiger partial charge in [-0.05, 0) is 39.4 Å². The lowest BCUT2D eigenvalue weighted by Gasteiger charge is -2.15. The van der Waals surface area contributed by atoms with Crippen molar-refractivity contribution in [3.8, 4) is 0 Å². The highest BCUT2D eigenvalue weighted by molar-refractivity contribution is 5.82. The number of nitrogens with one attached hydrogen (secondary N) is 2. The molecule has 0 aliphatic heterocycles. The van der Waals surface area contributed by atoms with Crippen LogP contribution in [0.4, 0.5) is 4.79 Å². The third kappa shape index (κ3) is 6.44. The molecule has 0 saturated heterocycles. The summed E-state index contributed by atoms with van der Waals surface area (Å²) in [5, 5.41) is 14.2. The predicted molar refractivity (Wildman–Crippen MR) is 68.5 cm³/mol. The maximum atomic E-state index is 11.5. The Kier molecular flexibility index (Phi) is 5.91. The Balaban J connectivity index is 2.17. The molecule has 0 bridgehead atoms. The minimum Gasteiger partial charge on any atom is -0.480 e. The molecule has 104 valence electrons. The maximum absolute atomic E-state index is 11.5. The van der Waals surface area contributed by atoms with Gasteiger partial charge in [0, 0.05) is 6.54 Å². The summed E-state index contributed by atoms with van der Waals surface area (Å²) in [5.74, 6) is -0.481. The van der Waals surface area contributed by atoms with Crippen molar-refractivity contribution >= 4 is 12.0 Å². The van der Waals surface area contributed by atoms with Crippen LogP contribution in [0.1, 0.15) is 25.7 Å². The van der Waals surface area contributed by atoms with Crippen molar-refractivity contribution in [3.05, 3.63) is 0 Å². The molecule has 1 atom stereocenters. The zero-order chi connectivity index (χ0) is 13.5. The highest BCUT2D eigenvalue weighted by atomic mass is 16.4. The molecule has 6 heteroatoms. The largest absolute Gasteiger partial charge is 0.480 e. The smallest absolute Gasteiger partial charge is 0.326 e. The summed E-state index contributed by atoms with van der Waals surface area (Å²) in [5.41, 5.74) is 0. The van der Waals surface area contributed by atoms with Crippen LogP contribution >= 0.6 is 0 Å². The summed E-state index contributed by atoms with van der Waals surface area (Å²) in [7, 11) is 3.94. The lowest BCUT2D eigenvalue weighted by Crippen LogP contribution is -2.46. The first-order valence-corrected chi connectivity index (χ1v) is 6.41. The van der Waals surface area contributed by atoms with E-state index in [-0.39, 0.29) is 6.03 Å². The van der Waals surface area contributed by atoms with E-state index in [4.69, 9.17) is 5.11 Å². The van der Waals surface area contributed by atoms with Crippen LogP contribution in [0.15, 0.2) is 0 Å². The molecule has 1 saturated carbocycles. The molecule has 1 unspecified atom stereocenters. The van der Waals surface area contributed by atoms with Gasteiger partial charge in [-0.3, -0.25) is 0 Å². The fourth-order valence-corrected chi connectivity index (χ4v) is 1.71. The number of amides is 2. The second-order valence-electron chi connectivity index (χ2n) is 5.13. The summed E-state index contributed by atoms with van der Waals surface area (Å²) < 4.78 is 0. The number of carbonyl (C=O) groups excluding carboxylic acids is 1. The van der Waals surface area contributed by atoms with Gasteiger partial charge in [-0.1, -0.05) is 12.8 Å². The van der Waals surface area contributed by atoms with Crippen LogP contribution in [0.5, 0.6) is 0 Å². The van der Waals surface area contributed by atoms with Gasteiger partial charge in [-0.2, -0.15) is 0 Å². The third-order valence-corrected chi connectivity index (χ3v) is 2.94. The zero-order valence-electron chi connectivity index (χ0n) is 11.1. The van der Waals surface area contributed by atoms with Crippen LogP contribution in [0.3, 0.4) is 0 Å². The standard InChI is InChI=1S/C12H23N3O3/c1-15(2)7-3-6-13-12(18)14-10(11(16)17)8-9-4-5-9/h9-10H,3-8H2,1-2H3,(H,16,17)(H2,13,14,18). The van der Waals surface area contributed by atoms with Crippen LogP contribution < -0.4 is 10.6 Å². The molecule has 0 radical (unpaired) electrons. The van der Waals surface area contributed by atoms with E-state index in [2.05, 4.69) is 10.6 Å². The monoisotopic (exact) mass is 257 g/mol. The molecule has 2 amide bonds. The molecule has 3 N–H and O–H groups in total. The molecule has 1 aliphatic rings. The summed E-state index contributed by atoms with van der Waals surface area (Å²) in [6, 6.07) is -1.15. The lowest BCUT2D eigenvalue weighted by molar-refractivity contribution is -0.139. The molecule has 0 heterocycles. The third-order valence-electron chi connectivity index (χ3n) is 2.94. The molecular weight excluding hydrogens is 234 g/mol. The van der Waals surface area contributed by atoms with E-state index in [1.54, 1.807) is 0 Å². The fraction of sp³-hybridized carbons (Fsp3) is 0.833. The molecule has 0 spiro atoms. The summed E-state index contributed by atoms with van der Waals surface area (Å²) in [6.07, 6.45) is 3.55. The van der Waals surface area contributed by atoms with E-state index < -0.39 is 12.0 Å². The Morgan fingerprint density at radius 3 is 2.56 bits per heavy atom. The van der Waals surface area contributed by atoms with E-state index in [0.29, 0.717) is 18.9 Å². The first kappa shape index (κ1) is 14.8. The molecule has 1 fully saturated rings. The number of rotatable bonds is 8. The number of carbonyl (C=O) groups is 2. The fourth-order valence-electron chi connectivity index (χ4n) is 1.71. The van der Waals surface area contributed by atoms with E-state index in [0.717, 1.165) is 25.8 Å². The normalized spacial score (nSPS) is 16.4. The van der Waals surface area contributed by atoms with Gasteiger partial charge in [0.1, 0.15) is 6.04 Å². The van der Waals surface area contributed by atoms with Crippen LogP contribution in [-0.2, 0) is 4.79 Å². The molecular formula is C12H23N3O3. The van der Waals surface area contributed by atoms with Crippen LogP contribution in [0.25, 0.3) is 0 Å². The Morgan fingerprint density at radius 1 is 1.39 bits per heavy atom. The average molecular weight is 257 g/mol. The minimum atomic E-state index is -0.953. The van der Waals surface area contributed by atoms with Crippen LogP contribution in [0.2, 0.25) is 0 Å². The minimum absolute atomic E-state index is 0.387. The second-order valence-corrected chi connectivity index (χ2v) is 5.13. The number of carboxylic acid groups (broad SMARTS) is 1. The average Bonchev–Trinajstić information content (AvgIpc) is 3.07. The number of nitrogens with zero attached hydrogens (tertiary/aromatic N) is 1. The van der Waals surface area contributed by atoms with Crippen LogP contribution in [-0.4, -0.2) is 55.2 Å². The van der Waals surface area contributed by atoms with Gasteiger partial charge < -0.3 is 20.6 Å². The molecule has 0 aromatic rings.